The van der Waals surface area contributed by atoms with Crippen LogP contribution in [0.3, 0.4) is 0 Å². The van der Waals surface area contributed by atoms with E-state index in [0.29, 0.717) is 5.37 Å². The SMILES string of the molecule is CCC1SC1N. The fourth-order valence-electron chi connectivity index (χ4n) is 0.485. The molecule has 1 heterocycles. The van der Waals surface area contributed by atoms with E-state index >= 15 is 0 Å². The summed E-state index contributed by atoms with van der Waals surface area (Å²) in [5.41, 5.74) is 5.44. The van der Waals surface area contributed by atoms with E-state index in [9.17, 15) is 0 Å². The van der Waals surface area contributed by atoms with Crippen LogP contribution in [-0.2, 0) is 0 Å². The van der Waals surface area contributed by atoms with Crippen molar-refractivity contribution in [3.8, 4) is 0 Å². The molecule has 1 nitrogen and oxygen atoms in total. The standard InChI is InChI=1S/C4H9NS/c1-2-3-4(5)6-3/h3-4H,2,5H2,1H3. The van der Waals surface area contributed by atoms with E-state index in [0.717, 1.165) is 5.25 Å². The predicted octanol–water partition coefficient (Wildman–Crippen LogP) is 0.797. The third kappa shape index (κ3) is 0.684. The van der Waals surface area contributed by atoms with Crippen molar-refractivity contribution in [2.75, 3.05) is 0 Å². The van der Waals surface area contributed by atoms with Gasteiger partial charge in [0.05, 0.1) is 5.37 Å². The van der Waals surface area contributed by atoms with Crippen LogP contribution in [0.15, 0.2) is 0 Å². The first-order chi connectivity index (χ1) is 2.84. The van der Waals surface area contributed by atoms with Gasteiger partial charge in [0.1, 0.15) is 0 Å². The van der Waals surface area contributed by atoms with Gasteiger partial charge in [0.25, 0.3) is 0 Å². The van der Waals surface area contributed by atoms with Crippen LogP contribution in [0.4, 0.5) is 0 Å². The van der Waals surface area contributed by atoms with E-state index in [1.54, 1.807) is 0 Å². The van der Waals surface area contributed by atoms with Gasteiger partial charge in [0.15, 0.2) is 0 Å². The molecule has 1 fully saturated rings. The van der Waals surface area contributed by atoms with E-state index in [4.69, 9.17) is 5.73 Å². The first-order valence-electron chi connectivity index (χ1n) is 2.25. The van der Waals surface area contributed by atoms with Crippen LogP contribution in [0, 0.1) is 0 Å². The molecule has 0 aromatic heterocycles. The summed E-state index contributed by atoms with van der Waals surface area (Å²) in [7, 11) is 0. The smallest absolute Gasteiger partial charge is 0.0631 e. The van der Waals surface area contributed by atoms with Gasteiger partial charge in [0, 0.05) is 5.25 Å². The number of nitrogens with two attached hydrogens (primary N) is 1. The van der Waals surface area contributed by atoms with Gasteiger partial charge >= 0.3 is 0 Å². The Morgan fingerprint density at radius 3 is 2.33 bits per heavy atom. The van der Waals surface area contributed by atoms with Crippen molar-refractivity contribution in [3.63, 3.8) is 0 Å². The lowest BCUT2D eigenvalue weighted by Gasteiger charge is -1.76. The van der Waals surface area contributed by atoms with E-state index in [1.807, 2.05) is 11.8 Å². The molecule has 1 aliphatic heterocycles. The quantitative estimate of drug-likeness (QED) is 0.497. The molecular weight excluding hydrogens is 94.1 g/mol. The molecule has 2 heteroatoms. The zero-order valence-electron chi connectivity index (χ0n) is 3.85. The maximum absolute atomic E-state index is 5.44. The van der Waals surface area contributed by atoms with Crippen LogP contribution in [0.5, 0.6) is 0 Å². The van der Waals surface area contributed by atoms with Crippen LogP contribution < -0.4 is 5.73 Å². The molecule has 0 bridgehead atoms. The molecule has 0 aromatic carbocycles. The van der Waals surface area contributed by atoms with Gasteiger partial charge in [0.2, 0.25) is 0 Å². The third-order valence-corrected chi connectivity index (χ3v) is 2.33. The zero-order valence-corrected chi connectivity index (χ0v) is 4.66. The molecule has 0 aromatic rings. The van der Waals surface area contributed by atoms with Gasteiger partial charge in [-0.3, -0.25) is 0 Å². The van der Waals surface area contributed by atoms with Crippen molar-refractivity contribution < 1.29 is 0 Å². The summed E-state index contributed by atoms with van der Waals surface area (Å²) in [5, 5.41) is 1.28. The Kier molecular flexibility index (Phi) is 1.06. The molecule has 1 saturated heterocycles. The van der Waals surface area contributed by atoms with Gasteiger partial charge in [-0.1, -0.05) is 6.92 Å². The van der Waals surface area contributed by atoms with Crippen LogP contribution in [-0.4, -0.2) is 10.6 Å². The number of hydrogen-bond donors (Lipinski definition) is 1. The van der Waals surface area contributed by atoms with Crippen LogP contribution in [0.25, 0.3) is 0 Å². The molecule has 6 heavy (non-hydrogen) atoms. The fourth-order valence-corrected chi connectivity index (χ4v) is 1.18. The number of hydrogen-bond acceptors (Lipinski definition) is 2. The number of thioether (sulfide) groups is 1. The molecule has 0 amide bonds. The summed E-state index contributed by atoms with van der Waals surface area (Å²) in [6.07, 6.45) is 1.24. The summed E-state index contributed by atoms with van der Waals surface area (Å²) < 4.78 is 0. The number of rotatable bonds is 1. The first-order valence-corrected chi connectivity index (χ1v) is 3.20. The van der Waals surface area contributed by atoms with Crippen molar-refractivity contribution in [2.24, 2.45) is 5.73 Å². The maximum Gasteiger partial charge on any atom is 0.0631 e. The summed E-state index contributed by atoms with van der Waals surface area (Å²) in [6.45, 7) is 2.17. The average Bonchev–Trinajstić information content (AvgIpc) is 2.19. The Morgan fingerprint density at radius 2 is 2.33 bits per heavy atom. The van der Waals surface area contributed by atoms with Gasteiger partial charge < -0.3 is 5.73 Å². The van der Waals surface area contributed by atoms with E-state index in [-0.39, 0.29) is 0 Å². The minimum Gasteiger partial charge on any atom is -0.318 e. The molecule has 0 saturated carbocycles. The van der Waals surface area contributed by atoms with Crippen molar-refractivity contribution in [1.82, 2.24) is 0 Å². The van der Waals surface area contributed by atoms with E-state index in [2.05, 4.69) is 6.92 Å². The lowest BCUT2D eigenvalue weighted by Crippen LogP contribution is -2.03. The highest BCUT2D eigenvalue weighted by Gasteiger charge is 2.31. The molecule has 2 unspecified atom stereocenters. The summed E-state index contributed by atoms with van der Waals surface area (Å²) >= 11 is 1.87. The highest BCUT2D eigenvalue weighted by Crippen LogP contribution is 2.38. The lowest BCUT2D eigenvalue weighted by atomic mass is 10.3. The Labute approximate surface area is 42.3 Å². The van der Waals surface area contributed by atoms with Gasteiger partial charge in [-0.15, -0.1) is 11.8 Å². The summed E-state index contributed by atoms with van der Waals surface area (Å²) in [6, 6.07) is 0. The second-order valence-corrected chi connectivity index (χ2v) is 2.97. The normalized spacial score (nSPS) is 43.0. The van der Waals surface area contributed by atoms with Crippen molar-refractivity contribution in [2.45, 2.75) is 24.0 Å². The van der Waals surface area contributed by atoms with Crippen LogP contribution in [0.2, 0.25) is 0 Å². The predicted molar refractivity (Wildman–Crippen MR) is 29.6 cm³/mol. The largest absolute Gasteiger partial charge is 0.318 e. The van der Waals surface area contributed by atoms with Crippen LogP contribution >= 0.6 is 11.8 Å². The molecule has 2 N–H and O–H groups in total. The first kappa shape index (κ1) is 4.47. The Hall–Kier alpha value is 0.310. The zero-order chi connectivity index (χ0) is 4.57. The molecule has 0 radical (unpaired) electrons. The molecule has 0 aliphatic carbocycles. The monoisotopic (exact) mass is 103 g/mol. The fraction of sp³-hybridized carbons (Fsp3) is 1.00. The Bertz CT molecular complexity index is 53.5. The highest BCUT2D eigenvalue weighted by atomic mass is 32.2. The lowest BCUT2D eigenvalue weighted by molar-refractivity contribution is 0.872. The Morgan fingerprint density at radius 1 is 1.83 bits per heavy atom. The molecule has 2 atom stereocenters. The second-order valence-electron chi connectivity index (χ2n) is 1.55. The molecular formula is C4H9NS. The molecule has 36 valence electrons. The van der Waals surface area contributed by atoms with E-state index in [1.165, 1.54) is 6.42 Å². The van der Waals surface area contributed by atoms with Gasteiger partial charge in [-0.05, 0) is 6.42 Å². The minimum absolute atomic E-state index is 0.481. The summed E-state index contributed by atoms with van der Waals surface area (Å²) in [5.74, 6) is 0. The van der Waals surface area contributed by atoms with Gasteiger partial charge in [-0.25, -0.2) is 0 Å². The molecule has 1 aliphatic rings. The van der Waals surface area contributed by atoms with Crippen molar-refractivity contribution in [3.05, 3.63) is 0 Å². The van der Waals surface area contributed by atoms with E-state index < -0.39 is 0 Å². The van der Waals surface area contributed by atoms with Crippen molar-refractivity contribution in [1.29, 1.82) is 0 Å². The molecule has 0 spiro atoms. The molecule has 1 rings (SSSR count). The third-order valence-electron chi connectivity index (χ3n) is 1.02. The van der Waals surface area contributed by atoms with Gasteiger partial charge in [-0.2, -0.15) is 0 Å². The minimum atomic E-state index is 0.481. The van der Waals surface area contributed by atoms with Crippen molar-refractivity contribution >= 4 is 11.8 Å². The maximum atomic E-state index is 5.44. The Balaban J connectivity index is 2.09. The topological polar surface area (TPSA) is 26.0 Å². The highest BCUT2D eigenvalue weighted by molar-refractivity contribution is 8.07. The second kappa shape index (κ2) is 1.43. The average molecular weight is 103 g/mol. The van der Waals surface area contributed by atoms with Crippen LogP contribution in [0.1, 0.15) is 13.3 Å². The summed E-state index contributed by atoms with van der Waals surface area (Å²) in [4.78, 5) is 0.